The van der Waals surface area contributed by atoms with Crippen molar-refractivity contribution in [2.45, 2.75) is 13.3 Å². The van der Waals surface area contributed by atoms with Crippen LogP contribution in [-0.4, -0.2) is 11.0 Å². The van der Waals surface area contributed by atoms with E-state index in [1.165, 1.54) is 0 Å². The summed E-state index contributed by atoms with van der Waals surface area (Å²) >= 11 is 11.8. The van der Waals surface area contributed by atoms with Gasteiger partial charge < -0.3 is 10.4 Å². The van der Waals surface area contributed by atoms with Gasteiger partial charge in [0, 0.05) is 10.6 Å². The molecule has 2 rings (SSSR count). The van der Waals surface area contributed by atoms with E-state index in [9.17, 15) is 9.90 Å². The number of phenols is 1. The lowest BCUT2D eigenvalue weighted by molar-refractivity contribution is 0.102. The van der Waals surface area contributed by atoms with Gasteiger partial charge in [0.15, 0.2) is 5.75 Å². The Hall–Kier alpha value is -1.71. The molecule has 0 spiro atoms. The fourth-order valence-corrected chi connectivity index (χ4v) is 2.20. The topological polar surface area (TPSA) is 49.3 Å². The largest absolute Gasteiger partial charge is 0.504 e. The van der Waals surface area contributed by atoms with Crippen molar-refractivity contribution in [3.05, 3.63) is 57.6 Å². The van der Waals surface area contributed by atoms with Crippen molar-refractivity contribution in [3.63, 3.8) is 0 Å². The SMILES string of the molecule is CCc1ccc(NC(=O)c2ccc(Cl)cc2)c(O)c1Cl. The lowest BCUT2D eigenvalue weighted by Gasteiger charge is -2.11. The summed E-state index contributed by atoms with van der Waals surface area (Å²) < 4.78 is 0. The number of nitrogens with one attached hydrogen (secondary N) is 1. The van der Waals surface area contributed by atoms with Gasteiger partial charge in [-0.25, -0.2) is 0 Å². The van der Waals surface area contributed by atoms with E-state index in [-0.39, 0.29) is 22.4 Å². The molecule has 2 aromatic rings. The third-order valence-corrected chi connectivity index (χ3v) is 3.61. The molecule has 0 atom stereocenters. The zero-order valence-corrected chi connectivity index (χ0v) is 12.3. The number of amides is 1. The highest BCUT2D eigenvalue weighted by Crippen LogP contribution is 2.35. The lowest BCUT2D eigenvalue weighted by Crippen LogP contribution is -2.12. The van der Waals surface area contributed by atoms with Crippen molar-refractivity contribution < 1.29 is 9.90 Å². The average molecular weight is 310 g/mol. The Morgan fingerprint density at radius 1 is 1.15 bits per heavy atom. The van der Waals surface area contributed by atoms with Crippen molar-refractivity contribution in [2.75, 3.05) is 5.32 Å². The van der Waals surface area contributed by atoms with Gasteiger partial charge in [-0.1, -0.05) is 36.2 Å². The summed E-state index contributed by atoms with van der Waals surface area (Å²) in [4.78, 5) is 12.0. The second-order valence-corrected chi connectivity index (χ2v) is 5.06. The minimum Gasteiger partial charge on any atom is -0.504 e. The zero-order chi connectivity index (χ0) is 14.7. The van der Waals surface area contributed by atoms with Crippen molar-refractivity contribution in [3.8, 4) is 5.75 Å². The number of anilines is 1. The Bertz CT molecular complexity index is 639. The number of benzene rings is 2. The first-order valence-electron chi connectivity index (χ1n) is 6.10. The summed E-state index contributed by atoms with van der Waals surface area (Å²) in [5, 5.41) is 13.4. The lowest BCUT2D eigenvalue weighted by atomic mass is 10.1. The minimum atomic E-state index is -0.336. The van der Waals surface area contributed by atoms with E-state index in [4.69, 9.17) is 23.2 Å². The van der Waals surface area contributed by atoms with E-state index in [1.54, 1.807) is 36.4 Å². The summed E-state index contributed by atoms with van der Waals surface area (Å²) in [6.45, 7) is 1.94. The number of hydrogen-bond acceptors (Lipinski definition) is 2. The molecule has 0 aliphatic heterocycles. The first kappa shape index (κ1) is 14.7. The molecule has 0 aliphatic carbocycles. The molecule has 104 valence electrons. The smallest absolute Gasteiger partial charge is 0.255 e. The Kier molecular flexibility index (Phi) is 4.53. The van der Waals surface area contributed by atoms with E-state index >= 15 is 0 Å². The number of carbonyl (C=O) groups is 1. The number of aryl methyl sites for hydroxylation is 1. The van der Waals surface area contributed by atoms with Crippen LogP contribution in [0.2, 0.25) is 10.0 Å². The quantitative estimate of drug-likeness (QED) is 0.819. The van der Waals surface area contributed by atoms with Crippen LogP contribution in [0.4, 0.5) is 5.69 Å². The van der Waals surface area contributed by atoms with Crippen LogP contribution in [0.3, 0.4) is 0 Å². The van der Waals surface area contributed by atoms with Crippen LogP contribution >= 0.6 is 23.2 Å². The van der Waals surface area contributed by atoms with Gasteiger partial charge in [-0.15, -0.1) is 0 Å². The van der Waals surface area contributed by atoms with Gasteiger partial charge in [0.25, 0.3) is 5.91 Å². The van der Waals surface area contributed by atoms with Crippen LogP contribution in [0.1, 0.15) is 22.8 Å². The molecule has 1 amide bonds. The second-order valence-electron chi connectivity index (χ2n) is 4.25. The Morgan fingerprint density at radius 2 is 1.80 bits per heavy atom. The molecule has 2 N–H and O–H groups in total. The molecule has 0 fully saturated rings. The highest BCUT2D eigenvalue weighted by molar-refractivity contribution is 6.33. The van der Waals surface area contributed by atoms with Crippen molar-refractivity contribution >= 4 is 34.8 Å². The van der Waals surface area contributed by atoms with E-state index < -0.39 is 0 Å². The van der Waals surface area contributed by atoms with Gasteiger partial charge in [0.05, 0.1) is 10.7 Å². The van der Waals surface area contributed by atoms with E-state index in [0.29, 0.717) is 17.0 Å². The van der Waals surface area contributed by atoms with Crippen LogP contribution in [-0.2, 0) is 6.42 Å². The van der Waals surface area contributed by atoms with Crippen molar-refractivity contribution in [2.24, 2.45) is 0 Å². The fraction of sp³-hybridized carbons (Fsp3) is 0.133. The number of hydrogen-bond donors (Lipinski definition) is 2. The van der Waals surface area contributed by atoms with Crippen molar-refractivity contribution in [1.29, 1.82) is 0 Å². The molecule has 0 aliphatic rings. The number of carbonyl (C=O) groups excluding carboxylic acids is 1. The molecular weight excluding hydrogens is 297 g/mol. The van der Waals surface area contributed by atoms with Gasteiger partial charge in [-0.2, -0.15) is 0 Å². The summed E-state index contributed by atoms with van der Waals surface area (Å²) in [7, 11) is 0. The molecule has 5 heteroatoms. The predicted molar refractivity (Wildman–Crippen MR) is 81.9 cm³/mol. The van der Waals surface area contributed by atoms with Crippen LogP contribution in [0, 0.1) is 0 Å². The molecule has 3 nitrogen and oxygen atoms in total. The summed E-state index contributed by atoms with van der Waals surface area (Å²) in [6, 6.07) is 9.88. The third-order valence-electron chi connectivity index (χ3n) is 2.93. The number of halogens is 2. The van der Waals surface area contributed by atoms with E-state index in [0.717, 1.165) is 5.56 Å². The molecular formula is C15H13Cl2NO2. The Labute approximate surface area is 127 Å². The second kappa shape index (κ2) is 6.16. The van der Waals surface area contributed by atoms with Crippen LogP contribution in [0.15, 0.2) is 36.4 Å². The maximum absolute atomic E-state index is 12.0. The molecule has 0 bridgehead atoms. The molecule has 0 unspecified atom stereocenters. The number of rotatable bonds is 3. The molecule has 0 saturated heterocycles. The molecule has 0 heterocycles. The maximum Gasteiger partial charge on any atom is 0.255 e. The van der Waals surface area contributed by atoms with Gasteiger partial charge in [0.2, 0.25) is 0 Å². The monoisotopic (exact) mass is 309 g/mol. The highest BCUT2D eigenvalue weighted by atomic mass is 35.5. The Balaban J connectivity index is 2.24. The highest BCUT2D eigenvalue weighted by Gasteiger charge is 2.13. The summed E-state index contributed by atoms with van der Waals surface area (Å²) in [5.74, 6) is -0.453. The maximum atomic E-state index is 12.0. The first-order valence-corrected chi connectivity index (χ1v) is 6.85. The summed E-state index contributed by atoms with van der Waals surface area (Å²) in [5.41, 5.74) is 1.56. The average Bonchev–Trinajstić information content (AvgIpc) is 2.45. The molecule has 0 saturated carbocycles. The van der Waals surface area contributed by atoms with E-state index in [2.05, 4.69) is 5.32 Å². The van der Waals surface area contributed by atoms with Crippen molar-refractivity contribution in [1.82, 2.24) is 0 Å². The predicted octanol–water partition coefficient (Wildman–Crippen LogP) is 4.51. The summed E-state index contributed by atoms with van der Waals surface area (Å²) in [6.07, 6.45) is 0.706. The molecule has 2 aromatic carbocycles. The van der Waals surface area contributed by atoms with E-state index in [1.807, 2.05) is 6.92 Å². The molecule has 0 aromatic heterocycles. The zero-order valence-electron chi connectivity index (χ0n) is 10.8. The first-order chi connectivity index (χ1) is 9.52. The van der Waals surface area contributed by atoms with Gasteiger partial charge in [-0.3, -0.25) is 4.79 Å². The van der Waals surface area contributed by atoms with Crippen LogP contribution in [0.25, 0.3) is 0 Å². The van der Waals surface area contributed by atoms with Crippen LogP contribution < -0.4 is 5.32 Å². The minimum absolute atomic E-state index is 0.117. The van der Waals surface area contributed by atoms with Gasteiger partial charge >= 0.3 is 0 Å². The standard InChI is InChI=1S/C15H13Cl2NO2/c1-2-9-5-8-12(14(19)13(9)17)18-15(20)10-3-6-11(16)7-4-10/h3-8,19H,2H2,1H3,(H,18,20). The fourth-order valence-electron chi connectivity index (χ4n) is 1.78. The van der Waals surface area contributed by atoms with Crippen LogP contribution in [0.5, 0.6) is 5.75 Å². The third kappa shape index (κ3) is 3.06. The molecule has 20 heavy (non-hydrogen) atoms. The van der Waals surface area contributed by atoms with Gasteiger partial charge in [0.1, 0.15) is 0 Å². The number of phenolic OH excluding ortho intramolecular Hbond substituents is 1. The van der Waals surface area contributed by atoms with Gasteiger partial charge in [-0.05, 0) is 42.3 Å². The normalized spacial score (nSPS) is 10.3. The molecule has 0 radical (unpaired) electrons. The number of aromatic hydroxyl groups is 1. The Morgan fingerprint density at radius 3 is 2.40 bits per heavy atom.